The molecule has 0 unspecified atom stereocenters. The first-order valence-corrected chi connectivity index (χ1v) is 7.79. The van der Waals surface area contributed by atoms with E-state index in [1.165, 1.54) is 18.2 Å². The number of halogens is 2. The van der Waals surface area contributed by atoms with Crippen molar-refractivity contribution in [2.75, 3.05) is 5.32 Å². The number of benzene rings is 2. The molecular formula is C18H13ClFN3O2. The lowest BCUT2D eigenvalue weighted by Crippen LogP contribution is -2.29. The third kappa shape index (κ3) is 4.10. The zero-order valence-corrected chi connectivity index (χ0v) is 13.7. The first kappa shape index (κ1) is 16.9. The van der Waals surface area contributed by atoms with E-state index in [1.54, 1.807) is 6.07 Å². The normalized spacial score (nSPS) is 10.5. The minimum Gasteiger partial charge on any atom is -0.323 e. The fraction of sp³-hybridized carbons (Fsp3) is 0.0556. The van der Waals surface area contributed by atoms with Gasteiger partial charge in [-0.2, -0.15) is 5.10 Å². The van der Waals surface area contributed by atoms with Gasteiger partial charge in [-0.25, -0.2) is 9.07 Å². The van der Waals surface area contributed by atoms with Gasteiger partial charge in [-0.05, 0) is 24.3 Å². The second-order valence-electron chi connectivity index (χ2n) is 5.25. The highest BCUT2D eigenvalue weighted by Crippen LogP contribution is 2.22. The zero-order valence-electron chi connectivity index (χ0n) is 12.9. The summed E-state index contributed by atoms with van der Waals surface area (Å²) in [6.07, 6.45) is 0. The number of carbonyl (C=O) groups is 1. The molecule has 1 amide bonds. The van der Waals surface area contributed by atoms with Crippen molar-refractivity contribution >= 4 is 23.2 Å². The van der Waals surface area contributed by atoms with Crippen molar-refractivity contribution < 1.29 is 9.18 Å². The van der Waals surface area contributed by atoms with E-state index in [-0.39, 0.29) is 17.3 Å². The average Bonchev–Trinajstić information content (AvgIpc) is 2.60. The van der Waals surface area contributed by atoms with Crippen molar-refractivity contribution in [3.8, 4) is 11.3 Å². The molecule has 1 heterocycles. The Labute approximate surface area is 147 Å². The molecule has 1 aromatic heterocycles. The van der Waals surface area contributed by atoms with Crippen molar-refractivity contribution in [2.24, 2.45) is 0 Å². The molecule has 126 valence electrons. The van der Waals surface area contributed by atoms with Crippen molar-refractivity contribution in [1.82, 2.24) is 9.78 Å². The highest BCUT2D eigenvalue weighted by Gasteiger charge is 2.10. The third-order valence-electron chi connectivity index (χ3n) is 3.43. The van der Waals surface area contributed by atoms with Crippen molar-refractivity contribution in [3.63, 3.8) is 0 Å². The van der Waals surface area contributed by atoms with Crippen LogP contribution < -0.4 is 10.9 Å². The Hall–Kier alpha value is -2.99. The molecule has 0 saturated carbocycles. The van der Waals surface area contributed by atoms with E-state index in [0.717, 1.165) is 16.3 Å². The zero-order chi connectivity index (χ0) is 17.8. The molecular weight excluding hydrogens is 345 g/mol. The van der Waals surface area contributed by atoms with Crippen LogP contribution in [0.2, 0.25) is 5.02 Å². The van der Waals surface area contributed by atoms with Crippen LogP contribution in [0.25, 0.3) is 11.3 Å². The largest absolute Gasteiger partial charge is 0.323 e. The highest BCUT2D eigenvalue weighted by atomic mass is 35.5. The molecule has 2 aromatic carbocycles. The number of anilines is 1. The summed E-state index contributed by atoms with van der Waals surface area (Å²) in [5.74, 6) is -0.996. The summed E-state index contributed by atoms with van der Waals surface area (Å²) in [4.78, 5) is 24.1. The van der Waals surface area contributed by atoms with E-state index >= 15 is 0 Å². The summed E-state index contributed by atoms with van der Waals surface area (Å²) in [5.41, 5.74) is 1.27. The summed E-state index contributed by atoms with van der Waals surface area (Å²) in [6.45, 7) is -0.285. The van der Waals surface area contributed by atoms with E-state index in [4.69, 9.17) is 11.6 Å². The molecule has 0 bridgehead atoms. The predicted octanol–water partition coefficient (Wildman–Crippen LogP) is 3.34. The van der Waals surface area contributed by atoms with Gasteiger partial charge in [0.05, 0.1) is 16.4 Å². The number of carbonyl (C=O) groups excluding carboxylic acids is 1. The first-order valence-electron chi connectivity index (χ1n) is 7.41. The van der Waals surface area contributed by atoms with Crippen LogP contribution in [0.3, 0.4) is 0 Å². The Morgan fingerprint density at radius 2 is 1.88 bits per heavy atom. The molecule has 7 heteroatoms. The van der Waals surface area contributed by atoms with Crippen LogP contribution in [0.5, 0.6) is 0 Å². The minimum atomic E-state index is -0.503. The minimum absolute atomic E-state index is 0.0756. The first-order chi connectivity index (χ1) is 12.0. The fourth-order valence-corrected chi connectivity index (χ4v) is 2.46. The lowest BCUT2D eigenvalue weighted by molar-refractivity contribution is -0.117. The summed E-state index contributed by atoms with van der Waals surface area (Å²) in [7, 11) is 0. The van der Waals surface area contributed by atoms with Crippen LogP contribution >= 0.6 is 11.6 Å². The van der Waals surface area contributed by atoms with E-state index in [2.05, 4.69) is 10.4 Å². The lowest BCUT2D eigenvalue weighted by Gasteiger charge is -2.09. The Morgan fingerprint density at radius 1 is 1.12 bits per heavy atom. The van der Waals surface area contributed by atoms with E-state index < -0.39 is 17.3 Å². The van der Waals surface area contributed by atoms with Gasteiger partial charge in [-0.1, -0.05) is 41.9 Å². The average molecular weight is 358 g/mol. The summed E-state index contributed by atoms with van der Waals surface area (Å²) in [5, 5.41) is 6.82. The number of hydrogen-bond acceptors (Lipinski definition) is 3. The Bertz CT molecular complexity index is 974. The SMILES string of the molecule is O=C(Cn1nc(-c2ccccc2)ccc1=O)Nc1ccc(F)cc1Cl. The second kappa shape index (κ2) is 7.27. The molecule has 0 aliphatic carbocycles. The lowest BCUT2D eigenvalue weighted by atomic mass is 10.1. The Balaban J connectivity index is 1.80. The number of aromatic nitrogens is 2. The van der Waals surface area contributed by atoms with E-state index in [0.29, 0.717) is 5.69 Å². The Morgan fingerprint density at radius 3 is 2.60 bits per heavy atom. The van der Waals surface area contributed by atoms with Gasteiger partial charge in [0, 0.05) is 11.6 Å². The van der Waals surface area contributed by atoms with Gasteiger partial charge in [0.15, 0.2) is 0 Å². The molecule has 25 heavy (non-hydrogen) atoms. The molecule has 1 N–H and O–H groups in total. The number of nitrogens with one attached hydrogen (secondary N) is 1. The van der Waals surface area contributed by atoms with Crippen LogP contribution in [0.15, 0.2) is 65.5 Å². The van der Waals surface area contributed by atoms with Gasteiger partial charge in [0.2, 0.25) is 5.91 Å². The van der Waals surface area contributed by atoms with Gasteiger partial charge in [-0.3, -0.25) is 9.59 Å². The molecule has 0 saturated heterocycles. The molecule has 0 atom stereocenters. The van der Waals surface area contributed by atoms with Crippen LogP contribution in [-0.4, -0.2) is 15.7 Å². The van der Waals surface area contributed by atoms with Crippen LogP contribution in [0.4, 0.5) is 10.1 Å². The van der Waals surface area contributed by atoms with Gasteiger partial charge in [-0.15, -0.1) is 0 Å². The molecule has 3 rings (SSSR count). The van der Waals surface area contributed by atoms with Gasteiger partial charge in [0.1, 0.15) is 12.4 Å². The molecule has 3 aromatic rings. The van der Waals surface area contributed by atoms with Gasteiger partial charge >= 0.3 is 0 Å². The maximum atomic E-state index is 13.0. The van der Waals surface area contributed by atoms with Gasteiger partial charge < -0.3 is 5.32 Å². The highest BCUT2D eigenvalue weighted by molar-refractivity contribution is 6.33. The summed E-state index contributed by atoms with van der Waals surface area (Å²) < 4.78 is 14.1. The van der Waals surface area contributed by atoms with Crippen LogP contribution in [0.1, 0.15) is 0 Å². The van der Waals surface area contributed by atoms with Crippen LogP contribution in [0, 0.1) is 5.82 Å². The summed E-state index contributed by atoms with van der Waals surface area (Å²) in [6, 6.07) is 15.9. The molecule has 0 aliphatic heterocycles. The molecule has 5 nitrogen and oxygen atoms in total. The monoisotopic (exact) mass is 357 g/mol. The van der Waals surface area contributed by atoms with E-state index in [9.17, 15) is 14.0 Å². The topological polar surface area (TPSA) is 64.0 Å². The maximum absolute atomic E-state index is 13.0. The number of nitrogens with zero attached hydrogens (tertiary/aromatic N) is 2. The maximum Gasteiger partial charge on any atom is 0.267 e. The predicted molar refractivity (Wildman–Crippen MR) is 94.0 cm³/mol. The van der Waals surface area contributed by atoms with Gasteiger partial charge in [0.25, 0.3) is 5.56 Å². The van der Waals surface area contributed by atoms with Crippen molar-refractivity contribution in [2.45, 2.75) is 6.54 Å². The Kier molecular flexibility index (Phi) is 4.90. The molecule has 0 aliphatic rings. The fourth-order valence-electron chi connectivity index (χ4n) is 2.24. The van der Waals surface area contributed by atoms with Crippen molar-refractivity contribution in [1.29, 1.82) is 0 Å². The second-order valence-corrected chi connectivity index (χ2v) is 5.66. The molecule has 0 spiro atoms. The number of amides is 1. The van der Waals surface area contributed by atoms with E-state index in [1.807, 2.05) is 30.3 Å². The molecule has 0 radical (unpaired) electrons. The number of rotatable bonds is 4. The standard InChI is InChI=1S/C18H13ClFN3O2/c19-14-10-13(20)6-7-16(14)21-17(24)11-23-18(25)9-8-15(22-23)12-4-2-1-3-5-12/h1-10H,11H2,(H,21,24). The molecule has 0 fully saturated rings. The quantitative estimate of drug-likeness (QED) is 0.778. The van der Waals surface area contributed by atoms with Crippen LogP contribution in [-0.2, 0) is 11.3 Å². The summed E-state index contributed by atoms with van der Waals surface area (Å²) >= 11 is 5.87. The number of hydrogen-bond donors (Lipinski definition) is 1. The smallest absolute Gasteiger partial charge is 0.267 e. The van der Waals surface area contributed by atoms with Crippen molar-refractivity contribution in [3.05, 3.63) is 81.9 Å². The third-order valence-corrected chi connectivity index (χ3v) is 3.75.